The number of carbonyl (C=O) groups excluding carboxylic acids is 1. The van der Waals surface area contributed by atoms with Crippen LogP contribution < -0.4 is 14.2 Å². The average molecular weight is 534 g/mol. The van der Waals surface area contributed by atoms with Gasteiger partial charge in [0.05, 0.1) is 25.5 Å². The third-order valence-corrected chi connectivity index (χ3v) is 6.43. The minimum absolute atomic E-state index is 0.192. The first-order chi connectivity index (χ1) is 17.5. The molecule has 0 bridgehead atoms. The van der Waals surface area contributed by atoms with E-state index in [1.165, 1.54) is 48.7 Å². The summed E-state index contributed by atoms with van der Waals surface area (Å²) in [5, 5.41) is -0.363. The fraction of sp³-hybridized carbons (Fsp3) is 0.320. The molecule has 1 fully saturated rings. The molecule has 0 saturated carbocycles. The molecule has 0 unspecified atom stereocenters. The Morgan fingerprint density at radius 2 is 1.95 bits per heavy atom. The van der Waals surface area contributed by atoms with Crippen molar-refractivity contribution in [3.05, 3.63) is 66.1 Å². The molecular weight excluding hydrogens is 508 g/mol. The molecule has 1 aliphatic heterocycles. The number of halogens is 2. The van der Waals surface area contributed by atoms with E-state index in [4.69, 9.17) is 14.2 Å². The lowest BCUT2D eigenvalue weighted by Gasteiger charge is -2.33. The van der Waals surface area contributed by atoms with Crippen molar-refractivity contribution in [2.24, 2.45) is 5.92 Å². The summed E-state index contributed by atoms with van der Waals surface area (Å²) in [6.45, 7) is 3.41. The van der Waals surface area contributed by atoms with Crippen molar-refractivity contribution in [2.75, 3.05) is 26.4 Å². The molecule has 1 N–H and O–H groups in total. The number of carbonyl (C=O) groups is 1. The molecule has 0 aliphatic carbocycles. The topological polar surface area (TPSA) is 117 Å². The molecule has 0 radical (unpaired) electrons. The van der Waals surface area contributed by atoms with Crippen LogP contribution in [0.1, 0.15) is 24.2 Å². The van der Waals surface area contributed by atoms with Crippen molar-refractivity contribution in [2.45, 2.75) is 24.5 Å². The van der Waals surface area contributed by atoms with Crippen molar-refractivity contribution in [3.8, 4) is 22.9 Å². The highest BCUT2D eigenvalue weighted by Gasteiger charge is 2.40. The lowest BCUT2D eigenvalue weighted by atomic mass is 10.1. The van der Waals surface area contributed by atoms with Crippen LogP contribution in [0, 0.1) is 11.7 Å². The Morgan fingerprint density at radius 3 is 2.59 bits per heavy atom. The number of sulfonamides is 1. The number of hydrogen-bond donors (Lipinski definition) is 1. The zero-order valence-electron chi connectivity index (χ0n) is 20.1. The van der Waals surface area contributed by atoms with Gasteiger partial charge in [0, 0.05) is 17.8 Å². The van der Waals surface area contributed by atoms with Crippen LogP contribution >= 0.6 is 0 Å². The van der Waals surface area contributed by atoms with Crippen molar-refractivity contribution >= 4 is 15.9 Å². The quantitative estimate of drug-likeness (QED) is 0.421. The Kier molecular flexibility index (Phi) is 7.69. The highest BCUT2D eigenvalue weighted by molar-refractivity contribution is 7.90. The zero-order chi connectivity index (χ0) is 26.6. The fourth-order valence-electron chi connectivity index (χ4n) is 3.28. The summed E-state index contributed by atoms with van der Waals surface area (Å²) in [7, 11) is -4.30. The van der Waals surface area contributed by atoms with Crippen molar-refractivity contribution in [1.29, 1.82) is 0 Å². The molecule has 37 heavy (non-hydrogen) atoms. The summed E-state index contributed by atoms with van der Waals surface area (Å²) in [6, 6.07) is 10.9. The number of amides is 1. The second kappa shape index (κ2) is 10.8. The molecule has 1 saturated heterocycles. The molecule has 4 rings (SSSR count). The van der Waals surface area contributed by atoms with E-state index in [0.29, 0.717) is 12.2 Å². The first-order valence-corrected chi connectivity index (χ1v) is 12.9. The normalized spacial score (nSPS) is 14.6. The minimum Gasteiger partial charge on any atom is -0.493 e. The number of ether oxygens (including phenoxy) is 3. The number of aromatic nitrogens is 2. The Morgan fingerprint density at radius 1 is 1.16 bits per heavy atom. The van der Waals surface area contributed by atoms with Gasteiger partial charge >= 0.3 is 0 Å². The number of rotatable bonds is 10. The van der Waals surface area contributed by atoms with E-state index in [1.807, 2.05) is 18.6 Å². The molecule has 1 amide bonds. The Hall–Kier alpha value is -3.64. The Bertz CT molecular complexity index is 1380. The van der Waals surface area contributed by atoms with Gasteiger partial charge in [-0.1, -0.05) is 19.9 Å². The summed E-state index contributed by atoms with van der Waals surface area (Å²) in [5.41, 5.74) is -1.52. The zero-order valence-corrected chi connectivity index (χ0v) is 20.9. The molecule has 3 heterocycles. The molecule has 1 aromatic carbocycles. The van der Waals surface area contributed by atoms with Crippen LogP contribution in [0.15, 0.2) is 59.8 Å². The van der Waals surface area contributed by atoms with Gasteiger partial charge in [-0.3, -0.25) is 4.79 Å². The van der Waals surface area contributed by atoms with Crippen LogP contribution in [0.25, 0.3) is 11.3 Å². The monoisotopic (exact) mass is 533 g/mol. The lowest BCUT2D eigenvalue weighted by molar-refractivity contribution is -0.146. The van der Waals surface area contributed by atoms with Crippen LogP contribution in [0.2, 0.25) is 0 Å². The molecule has 9 nitrogen and oxygen atoms in total. The largest absolute Gasteiger partial charge is 0.493 e. The third kappa shape index (κ3) is 6.57. The van der Waals surface area contributed by atoms with Crippen LogP contribution in [0.5, 0.6) is 11.6 Å². The molecule has 196 valence electrons. The highest BCUT2D eigenvalue weighted by atomic mass is 32.2. The van der Waals surface area contributed by atoms with E-state index < -0.39 is 34.0 Å². The smallest absolute Gasteiger partial charge is 0.281 e. The number of nitrogens with zero attached hydrogens (tertiary/aromatic N) is 2. The van der Waals surface area contributed by atoms with E-state index in [0.717, 1.165) is 0 Å². The molecule has 2 aromatic heterocycles. The first kappa shape index (κ1) is 26.4. The second-order valence-corrected chi connectivity index (χ2v) is 10.6. The average Bonchev–Trinajstić information content (AvgIpc) is 2.85. The van der Waals surface area contributed by atoms with E-state index in [9.17, 15) is 22.0 Å². The second-order valence-electron chi connectivity index (χ2n) is 8.96. The highest BCUT2D eigenvalue weighted by Crippen LogP contribution is 2.30. The Balaban J connectivity index is 1.66. The van der Waals surface area contributed by atoms with Gasteiger partial charge in [-0.15, -0.1) is 0 Å². The van der Waals surface area contributed by atoms with Crippen LogP contribution in [-0.4, -0.2) is 56.4 Å². The van der Waals surface area contributed by atoms with Gasteiger partial charge in [-0.25, -0.2) is 23.5 Å². The first-order valence-electron chi connectivity index (χ1n) is 11.4. The summed E-state index contributed by atoms with van der Waals surface area (Å²) >= 11 is 0. The maximum absolute atomic E-state index is 14.5. The van der Waals surface area contributed by atoms with Crippen molar-refractivity contribution < 1.29 is 36.2 Å². The van der Waals surface area contributed by atoms with Gasteiger partial charge in [0.25, 0.3) is 15.9 Å². The predicted molar refractivity (Wildman–Crippen MR) is 129 cm³/mol. The lowest BCUT2D eigenvalue weighted by Crippen LogP contribution is -2.50. The number of hydrogen-bond acceptors (Lipinski definition) is 8. The third-order valence-electron chi connectivity index (χ3n) is 5.18. The van der Waals surface area contributed by atoms with Crippen LogP contribution in [0.4, 0.5) is 8.78 Å². The number of benzene rings is 1. The van der Waals surface area contributed by atoms with Gasteiger partial charge < -0.3 is 14.2 Å². The van der Waals surface area contributed by atoms with E-state index in [-0.39, 0.29) is 47.0 Å². The van der Waals surface area contributed by atoms with E-state index >= 15 is 0 Å². The summed E-state index contributed by atoms with van der Waals surface area (Å²) < 4.78 is 72.0. The standard InChI is InChI=1S/C25H25F2N3O6S/c1-16(2)12-35-19-10-17(9-18(26)11-19)21-7-6-20(24(29-21)36-15-25(27)13-34-14-25)23(31)30-37(32,33)22-5-3-4-8-28-22/h3-11,16H,12-15H2,1-2H3,(H,30,31). The molecule has 3 aromatic rings. The minimum atomic E-state index is -4.30. The van der Waals surface area contributed by atoms with Gasteiger partial charge in [0.1, 0.15) is 23.7 Å². The maximum Gasteiger partial charge on any atom is 0.281 e. The molecule has 0 spiro atoms. The van der Waals surface area contributed by atoms with Crippen molar-refractivity contribution in [1.82, 2.24) is 14.7 Å². The SMILES string of the molecule is CC(C)COc1cc(F)cc(-c2ccc(C(=O)NS(=O)(=O)c3ccccn3)c(OCC3(F)COC3)n2)c1. The van der Waals surface area contributed by atoms with Crippen LogP contribution in [-0.2, 0) is 14.8 Å². The fourth-order valence-corrected chi connectivity index (χ4v) is 4.20. The van der Waals surface area contributed by atoms with Gasteiger partial charge in [0.2, 0.25) is 5.88 Å². The number of nitrogens with one attached hydrogen (secondary N) is 1. The van der Waals surface area contributed by atoms with Crippen LogP contribution in [0.3, 0.4) is 0 Å². The number of alkyl halides is 1. The van der Waals surface area contributed by atoms with Gasteiger partial charge in [-0.2, -0.15) is 8.42 Å². The molecule has 0 atom stereocenters. The van der Waals surface area contributed by atoms with Gasteiger partial charge in [-0.05, 0) is 42.3 Å². The summed E-state index contributed by atoms with van der Waals surface area (Å²) in [4.78, 5) is 21.0. The Labute approximate surface area is 212 Å². The number of pyridine rings is 2. The molecular formula is C25H25F2N3O6S. The van der Waals surface area contributed by atoms with Gasteiger partial charge in [0.15, 0.2) is 10.7 Å². The predicted octanol–water partition coefficient (Wildman–Crippen LogP) is 3.55. The summed E-state index contributed by atoms with van der Waals surface area (Å²) in [5.74, 6) is -1.46. The maximum atomic E-state index is 14.5. The van der Waals surface area contributed by atoms with E-state index in [1.54, 1.807) is 6.07 Å². The van der Waals surface area contributed by atoms with Crippen molar-refractivity contribution in [3.63, 3.8) is 0 Å². The summed E-state index contributed by atoms with van der Waals surface area (Å²) in [6.07, 6.45) is 1.27. The molecule has 12 heteroatoms. The molecule has 1 aliphatic rings. The van der Waals surface area contributed by atoms with E-state index in [2.05, 4.69) is 9.97 Å².